The maximum absolute atomic E-state index is 12.8. The van der Waals surface area contributed by atoms with Crippen LogP contribution in [0.5, 0.6) is 0 Å². The summed E-state index contributed by atoms with van der Waals surface area (Å²) in [5.74, 6) is -8.80. The molecule has 0 N–H and O–H groups in total. The number of ketones is 2. The van der Waals surface area contributed by atoms with Crippen molar-refractivity contribution >= 4 is 35.0 Å². The van der Waals surface area contributed by atoms with E-state index in [-0.39, 0.29) is 56.0 Å². The van der Waals surface area contributed by atoms with Gasteiger partial charge in [-0.1, -0.05) is 35.8 Å². The molecule has 14 heteroatoms. The number of carboxylic acids is 2. The number of carbonyl (C=O) groups is 4. The van der Waals surface area contributed by atoms with E-state index < -0.39 is 35.0 Å². The van der Waals surface area contributed by atoms with Gasteiger partial charge in [0.15, 0.2) is 0 Å². The van der Waals surface area contributed by atoms with Gasteiger partial charge in [-0.2, -0.15) is 0 Å². The van der Waals surface area contributed by atoms with E-state index in [0.717, 1.165) is 11.1 Å². The smallest absolute Gasteiger partial charge is 0.871 e. The SMILES string of the molecule is O=C([O-])C(=O)/C=C(\[O-])c1cccn1Cc1ccc(F)cc1.O=C([O-])C(=O)/C=C(\[O-])c1cccn1Cc1ccc(F)cc1.[Ni+2].[Ni+2]. The molecule has 2 heterocycles. The molecule has 10 nitrogen and oxygen atoms in total. The molecular formula is C30H20F2N2Ni2O8. The minimum absolute atomic E-state index is 0. The first-order valence-corrected chi connectivity index (χ1v) is 12.0. The summed E-state index contributed by atoms with van der Waals surface area (Å²) in [6.07, 6.45) is 4.17. The van der Waals surface area contributed by atoms with E-state index in [0.29, 0.717) is 25.2 Å². The van der Waals surface area contributed by atoms with E-state index in [2.05, 4.69) is 0 Å². The molecule has 0 aliphatic heterocycles. The van der Waals surface area contributed by atoms with Crippen molar-refractivity contribution in [1.82, 2.24) is 9.13 Å². The van der Waals surface area contributed by atoms with Crippen molar-refractivity contribution in [2.24, 2.45) is 0 Å². The van der Waals surface area contributed by atoms with Gasteiger partial charge in [0.05, 0.1) is 0 Å². The number of halogens is 2. The Balaban J connectivity index is 0.000000421. The molecule has 0 bridgehead atoms. The number of hydrogen-bond acceptors (Lipinski definition) is 8. The van der Waals surface area contributed by atoms with Crippen molar-refractivity contribution in [3.8, 4) is 0 Å². The molecule has 0 unspecified atom stereocenters. The summed E-state index contributed by atoms with van der Waals surface area (Å²) in [7, 11) is 0. The van der Waals surface area contributed by atoms with Crippen LogP contribution in [0.15, 0.2) is 97.3 Å². The number of benzene rings is 2. The van der Waals surface area contributed by atoms with Gasteiger partial charge in [-0.25, -0.2) is 8.78 Å². The number of nitrogens with zero attached hydrogens (tertiary/aromatic N) is 2. The van der Waals surface area contributed by atoms with E-state index in [1.165, 1.54) is 45.5 Å². The quantitative estimate of drug-likeness (QED) is 0.0918. The standard InChI is InChI=1S/2C15H12FNO4.2Ni/c2*16-11-5-3-10(4-6-11)9-17-7-1-2-12(17)13(18)8-14(19)15(20)21;;/h2*1-8,18H,9H2,(H,20,21);;/q;;2*+2/p-4/b2*13-8-;;. The second-order valence-electron chi connectivity index (χ2n) is 8.62. The molecule has 0 aliphatic carbocycles. The molecule has 2 aromatic heterocycles. The second-order valence-corrected chi connectivity index (χ2v) is 8.62. The van der Waals surface area contributed by atoms with Crippen LogP contribution in [-0.2, 0) is 65.3 Å². The van der Waals surface area contributed by atoms with Crippen molar-refractivity contribution in [3.63, 3.8) is 0 Å². The third kappa shape index (κ3) is 10.8. The van der Waals surface area contributed by atoms with Crippen molar-refractivity contribution < 1.29 is 81.4 Å². The van der Waals surface area contributed by atoms with Gasteiger partial charge < -0.3 is 39.1 Å². The van der Waals surface area contributed by atoms with Crippen LogP contribution in [0.3, 0.4) is 0 Å². The molecule has 2 aromatic carbocycles. The van der Waals surface area contributed by atoms with Crippen molar-refractivity contribution in [3.05, 3.63) is 131 Å². The van der Waals surface area contributed by atoms with Crippen LogP contribution in [0, 0.1) is 11.6 Å². The fourth-order valence-electron chi connectivity index (χ4n) is 3.63. The van der Waals surface area contributed by atoms with E-state index in [4.69, 9.17) is 0 Å². The summed E-state index contributed by atoms with van der Waals surface area (Å²) in [5.41, 5.74) is 1.84. The molecule has 0 atom stereocenters. The van der Waals surface area contributed by atoms with E-state index >= 15 is 0 Å². The van der Waals surface area contributed by atoms with Gasteiger partial charge in [0.2, 0.25) is 11.6 Å². The third-order valence-corrected chi connectivity index (χ3v) is 5.62. The number of aliphatic carboxylic acids is 2. The molecule has 4 rings (SSSR count). The molecule has 0 fully saturated rings. The van der Waals surface area contributed by atoms with Crippen molar-refractivity contribution in [1.29, 1.82) is 0 Å². The van der Waals surface area contributed by atoms with Gasteiger partial charge in [0.25, 0.3) is 0 Å². The zero-order valence-electron chi connectivity index (χ0n) is 22.2. The van der Waals surface area contributed by atoms with Gasteiger partial charge in [-0.05, 0) is 71.8 Å². The number of hydrogen-bond donors (Lipinski definition) is 0. The minimum Gasteiger partial charge on any atom is -0.871 e. The number of aromatic nitrogens is 2. The van der Waals surface area contributed by atoms with Crippen molar-refractivity contribution in [2.45, 2.75) is 13.1 Å². The first kappa shape index (κ1) is 37.2. The molecule has 0 spiro atoms. The predicted octanol–water partition coefficient (Wildman–Crippen LogP) is -0.614. The first-order valence-electron chi connectivity index (χ1n) is 12.0. The Morgan fingerprint density at radius 2 is 0.886 bits per heavy atom. The van der Waals surface area contributed by atoms with E-state index in [1.54, 1.807) is 48.8 Å². The first-order chi connectivity index (χ1) is 19.9. The Hall–Kier alpha value is -4.79. The Labute approximate surface area is 269 Å². The average Bonchev–Trinajstić information content (AvgIpc) is 3.61. The van der Waals surface area contributed by atoms with E-state index in [1.807, 2.05) is 0 Å². The number of carbonyl (C=O) groups excluding carboxylic acids is 4. The minimum atomic E-state index is -1.93. The van der Waals surface area contributed by atoms with Crippen molar-refractivity contribution in [2.75, 3.05) is 0 Å². The van der Waals surface area contributed by atoms with Gasteiger partial charge >= 0.3 is 33.0 Å². The zero-order valence-corrected chi connectivity index (χ0v) is 24.2. The summed E-state index contributed by atoms with van der Waals surface area (Å²) in [5, 5.41) is 44.3. The fraction of sp³-hybridized carbons (Fsp3) is 0.0667. The topological polar surface area (TPSA) is 170 Å². The molecule has 232 valence electrons. The average molecular weight is 692 g/mol. The zero-order chi connectivity index (χ0) is 30.8. The van der Waals surface area contributed by atoms with Gasteiger partial charge in [-0.15, -0.1) is 0 Å². The number of carboxylic acid groups (broad SMARTS) is 2. The molecule has 4 aromatic rings. The van der Waals surface area contributed by atoms with Gasteiger partial charge in [-0.3, -0.25) is 9.59 Å². The second kappa shape index (κ2) is 17.4. The van der Waals surface area contributed by atoms with Crippen LogP contribution in [0.1, 0.15) is 22.5 Å². The summed E-state index contributed by atoms with van der Waals surface area (Å²) in [6, 6.07) is 17.6. The summed E-state index contributed by atoms with van der Waals surface area (Å²) in [4.78, 5) is 42.6. The molecule has 44 heavy (non-hydrogen) atoms. The molecule has 0 radical (unpaired) electrons. The Bertz CT molecular complexity index is 1540. The predicted molar refractivity (Wildman–Crippen MR) is 136 cm³/mol. The van der Waals surface area contributed by atoms with Crippen LogP contribution in [0.25, 0.3) is 11.5 Å². The molecule has 0 aliphatic rings. The fourth-order valence-corrected chi connectivity index (χ4v) is 3.63. The summed E-state index contributed by atoms with van der Waals surface area (Å²) < 4.78 is 28.7. The largest absolute Gasteiger partial charge is 2.00 e. The molecular weight excluding hydrogens is 672 g/mol. The van der Waals surface area contributed by atoms with Gasteiger partial charge in [0, 0.05) is 36.9 Å². The number of rotatable bonds is 10. The maximum Gasteiger partial charge on any atom is 2.00 e. The third-order valence-electron chi connectivity index (χ3n) is 5.62. The van der Waals surface area contributed by atoms with Gasteiger partial charge in [0.1, 0.15) is 23.6 Å². The normalized spacial score (nSPS) is 10.9. The summed E-state index contributed by atoms with van der Waals surface area (Å²) >= 11 is 0. The van der Waals surface area contributed by atoms with Crippen LogP contribution in [0.2, 0.25) is 0 Å². The Kier molecular flexibility index (Phi) is 14.7. The monoisotopic (exact) mass is 690 g/mol. The summed E-state index contributed by atoms with van der Waals surface area (Å²) in [6.45, 7) is 0.587. The molecule has 0 amide bonds. The maximum atomic E-state index is 12.8. The van der Waals surface area contributed by atoms with Crippen LogP contribution in [0.4, 0.5) is 8.78 Å². The Morgan fingerprint density at radius 3 is 1.18 bits per heavy atom. The Morgan fingerprint density at radius 1 is 0.568 bits per heavy atom. The van der Waals surface area contributed by atoms with Crippen LogP contribution in [-0.4, -0.2) is 32.6 Å². The molecule has 0 saturated heterocycles. The van der Waals surface area contributed by atoms with Crippen LogP contribution < -0.4 is 20.4 Å². The van der Waals surface area contributed by atoms with Crippen LogP contribution >= 0.6 is 0 Å². The van der Waals surface area contributed by atoms with E-state index in [9.17, 15) is 48.4 Å². The molecule has 0 saturated carbocycles.